The molecule has 1 aromatic heterocycles. The number of anilines is 1. The molecule has 0 saturated carbocycles. The van der Waals surface area contributed by atoms with Crippen LogP contribution in [0.1, 0.15) is 22.4 Å². The maximum Gasteiger partial charge on any atom is 0.322 e. The lowest BCUT2D eigenvalue weighted by Crippen LogP contribution is -2.35. The van der Waals surface area contributed by atoms with Gasteiger partial charge in [-0.2, -0.15) is 5.26 Å². The van der Waals surface area contributed by atoms with Crippen LogP contribution in [0.3, 0.4) is 0 Å². The summed E-state index contributed by atoms with van der Waals surface area (Å²) in [6.45, 7) is 7.51. The van der Waals surface area contributed by atoms with Gasteiger partial charge in [0, 0.05) is 30.7 Å². The Kier molecular flexibility index (Phi) is 6.49. The monoisotopic (exact) mass is 384 g/mol. The van der Waals surface area contributed by atoms with Crippen molar-refractivity contribution in [2.24, 2.45) is 0 Å². The molecule has 146 valence electrons. The van der Waals surface area contributed by atoms with Gasteiger partial charge >= 0.3 is 6.03 Å². The molecular weight excluding hydrogens is 360 g/mol. The van der Waals surface area contributed by atoms with Crippen molar-refractivity contribution >= 4 is 11.7 Å². The van der Waals surface area contributed by atoms with Crippen LogP contribution in [-0.2, 0) is 13.1 Å². The van der Waals surface area contributed by atoms with Crippen molar-refractivity contribution in [2.45, 2.75) is 20.0 Å². The van der Waals surface area contributed by atoms with Gasteiger partial charge in [-0.15, -0.1) is 6.58 Å². The molecule has 0 aliphatic heterocycles. The van der Waals surface area contributed by atoms with Gasteiger partial charge < -0.3 is 14.8 Å². The smallest absolute Gasteiger partial charge is 0.322 e. The van der Waals surface area contributed by atoms with E-state index < -0.39 is 0 Å². The van der Waals surface area contributed by atoms with Crippen molar-refractivity contribution in [3.63, 3.8) is 0 Å². The zero-order chi connectivity index (χ0) is 20.6. The molecular formula is C24H24N4O. The number of nitriles is 1. The molecule has 5 heteroatoms. The molecule has 0 aliphatic carbocycles. The number of carbonyl (C=O) groups is 1. The van der Waals surface area contributed by atoms with Gasteiger partial charge in [0.25, 0.3) is 0 Å². The Bertz CT molecular complexity index is 1030. The van der Waals surface area contributed by atoms with Gasteiger partial charge in [0.05, 0.1) is 18.2 Å². The largest absolute Gasteiger partial charge is 0.345 e. The number of amides is 2. The zero-order valence-corrected chi connectivity index (χ0v) is 16.5. The standard InChI is InChI=1S/C24H24N4O/c1-3-13-28(24(29)26-22-11-9-20(16-25)10-12-22)18-23-8-5-14-27(23)17-21-7-4-6-19(2)15-21/h3-12,14-15H,1,13,17-18H2,2H3,(H,26,29). The summed E-state index contributed by atoms with van der Waals surface area (Å²) in [6.07, 6.45) is 3.74. The van der Waals surface area contributed by atoms with Crippen LogP contribution in [0.5, 0.6) is 0 Å². The first-order valence-electron chi connectivity index (χ1n) is 9.45. The molecule has 0 unspecified atom stereocenters. The number of benzene rings is 2. The Balaban J connectivity index is 1.71. The average Bonchev–Trinajstić information content (AvgIpc) is 3.15. The minimum absolute atomic E-state index is 0.210. The Hall–Kier alpha value is -3.78. The van der Waals surface area contributed by atoms with Gasteiger partial charge in [0.2, 0.25) is 0 Å². The topological polar surface area (TPSA) is 61.1 Å². The van der Waals surface area contributed by atoms with Crippen LogP contribution in [0.25, 0.3) is 0 Å². The molecule has 0 atom stereocenters. The van der Waals surface area contributed by atoms with Gasteiger partial charge in [0.1, 0.15) is 0 Å². The summed E-state index contributed by atoms with van der Waals surface area (Å²) in [4.78, 5) is 14.5. The minimum atomic E-state index is -0.210. The molecule has 2 amide bonds. The second kappa shape index (κ2) is 9.43. The molecule has 0 saturated heterocycles. The van der Waals surface area contributed by atoms with Gasteiger partial charge in [-0.3, -0.25) is 0 Å². The number of hydrogen-bond donors (Lipinski definition) is 1. The number of urea groups is 1. The van der Waals surface area contributed by atoms with Crippen molar-refractivity contribution in [2.75, 3.05) is 11.9 Å². The molecule has 5 nitrogen and oxygen atoms in total. The summed E-state index contributed by atoms with van der Waals surface area (Å²) in [5, 5.41) is 11.8. The van der Waals surface area contributed by atoms with Gasteiger partial charge in [-0.1, -0.05) is 35.9 Å². The van der Waals surface area contributed by atoms with E-state index in [-0.39, 0.29) is 6.03 Å². The maximum atomic E-state index is 12.8. The summed E-state index contributed by atoms with van der Waals surface area (Å²) in [5.41, 5.74) is 4.70. The normalized spacial score (nSPS) is 10.2. The lowest BCUT2D eigenvalue weighted by molar-refractivity contribution is 0.214. The molecule has 0 spiro atoms. The Morgan fingerprint density at radius 1 is 1.21 bits per heavy atom. The third-order valence-electron chi connectivity index (χ3n) is 4.61. The molecule has 0 fully saturated rings. The van der Waals surface area contributed by atoms with Crippen LogP contribution in [0, 0.1) is 18.3 Å². The molecule has 0 radical (unpaired) electrons. The van der Waals surface area contributed by atoms with E-state index in [1.807, 2.05) is 18.3 Å². The summed E-state index contributed by atoms with van der Waals surface area (Å²) in [6, 6.07) is 21.1. The molecule has 3 rings (SSSR count). The first-order chi connectivity index (χ1) is 14.1. The van der Waals surface area contributed by atoms with E-state index in [0.717, 1.165) is 12.2 Å². The highest BCUT2D eigenvalue weighted by atomic mass is 16.2. The minimum Gasteiger partial charge on any atom is -0.345 e. The maximum absolute atomic E-state index is 12.8. The van der Waals surface area contributed by atoms with Crippen molar-refractivity contribution in [3.05, 3.63) is 102 Å². The highest BCUT2D eigenvalue weighted by Gasteiger charge is 2.15. The van der Waals surface area contributed by atoms with Crippen LogP contribution in [-0.4, -0.2) is 22.0 Å². The van der Waals surface area contributed by atoms with Crippen LogP contribution >= 0.6 is 0 Å². The summed E-state index contributed by atoms with van der Waals surface area (Å²) >= 11 is 0. The number of nitrogens with one attached hydrogen (secondary N) is 1. The number of hydrogen-bond acceptors (Lipinski definition) is 2. The predicted octanol–water partition coefficient (Wildman–Crippen LogP) is 4.94. The molecule has 1 N–H and O–H groups in total. The fourth-order valence-electron chi connectivity index (χ4n) is 3.16. The summed E-state index contributed by atoms with van der Waals surface area (Å²) in [7, 11) is 0. The van der Waals surface area contributed by atoms with E-state index in [0.29, 0.717) is 24.3 Å². The Morgan fingerprint density at radius 3 is 2.69 bits per heavy atom. The van der Waals surface area contributed by atoms with Crippen molar-refractivity contribution < 1.29 is 4.79 Å². The van der Waals surface area contributed by atoms with Crippen LogP contribution in [0.4, 0.5) is 10.5 Å². The van der Waals surface area contributed by atoms with Gasteiger partial charge in [-0.05, 0) is 48.9 Å². The second-order valence-corrected chi connectivity index (χ2v) is 6.90. The van der Waals surface area contributed by atoms with Gasteiger partial charge in [0.15, 0.2) is 0 Å². The number of aromatic nitrogens is 1. The fourth-order valence-corrected chi connectivity index (χ4v) is 3.16. The van der Waals surface area contributed by atoms with Crippen LogP contribution in [0.2, 0.25) is 0 Å². The average molecular weight is 384 g/mol. The molecule has 0 aliphatic rings. The number of carbonyl (C=O) groups excluding carboxylic acids is 1. The van der Waals surface area contributed by atoms with E-state index in [4.69, 9.17) is 5.26 Å². The summed E-state index contributed by atoms with van der Waals surface area (Å²) < 4.78 is 2.15. The fraction of sp³-hybridized carbons (Fsp3) is 0.167. The predicted molar refractivity (Wildman–Crippen MR) is 115 cm³/mol. The van der Waals surface area contributed by atoms with Crippen molar-refractivity contribution in [1.82, 2.24) is 9.47 Å². The molecule has 0 bridgehead atoms. The van der Waals surface area contributed by atoms with Gasteiger partial charge in [-0.25, -0.2) is 4.79 Å². The van der Waals surface area contributed by atoms with E-state index in [1.54, 1.807) is 35.2 Å². The molecule has 29 heavy (non-hydrogen) atoms. The number of aryl methyl sites for hydroxylation is 1. The van der Waals surface area contributed by atoms with E-state index in [9.17, 15) is 4.79 Å². The highest BCUT2D eigenvalue weighted by Crippen LogP contribution is 2.14. The SMILES string of the molecule is C=CCN(Cc1cccn1Cc1cccc(C)c1)C(=O)Nc1ccc(C#N)cc1. The van der Waals surface area contributed by atoms with E-state index >= 15 is 0 Å². The number of nitrogens with zero attached hydrogens (tertiary/aromatic N) is 3. The third-order valence-corrected chi connectivity index (χ3v) is 4.61. The molecule has 1 heterocycles. The highest BCUT2D eigenvalue weighted by molar-refractivity contribution is 5.89. The van der Waals surface area contributed by atoms with Crippen LogP contribution in [0.15, 0.2) is 79.5 Å². The van der Waals surface area contributed by atoms with E-state index in [2.05, 4.69) is 53.7 Å². The zero-order valence-electron chi connectivity index (χ0n) is 16.5. The first-order valence-corrected chi connectivity index (χ1v) is 9.45. The van der Waals surface area contributed by atoms with E-state index in [1.165, 1.54) is 11.1 Å². The second-order valence-electron chi connectivity index (χ2n) is 6.90. The Morgan fingerprint density at radius 2 is 2.00 bits per heavy atom. The summed E-state index contributed by atoms with van der Waals surface area (Å²) in [5.74, 6) is 0. The Labute approximate surface area is 171 Å². The first kappa shape index (κ1) is 20.0. The van der Waals surface area contributed by atoms with Crippen LogP contribution < -0.4 is 5.32 Å². The van der Waals surface area contributed by atoms with Crippen molar-refractivity contribution in [1.29, 1.82) is 5.26 Å². The van der Waals surface area contributed by atoms with Crippen molar-refractivity contribution in [3.8, 4) is 6.07 Å². The third kappa shape index (κ3) is 5.36. The quantitative estimate of drug-likeness (QED) is 0.587. The number of rotatable bonds is 7. The molecule has 2 aromatic carbocycles. The molecule has 3 aromatic rings. The lowest BCUT2D eigenvalue weighted by Gasteiger charge is -2.23. The lowest BCUT2D eigenvalue weighted by atomic mass is 10.1.